The summed E-state index contributed by atoms with van der Waals surface area (Å²) in [5.41, 5.74) is 0.749. The molecule has 6 nitrogen and oxygen atoms in total. The Morgan fingerprint density at radius 3 is 2.44 bits per heavy atom. The number of nitrogens with zero attached hydrogens (tertiary/aromatic N) is 1. The number of rotatable bonds is 8. The molecule has 1 amide bonds. The zero-order valence-corrected chi connectivity index (χ0v) is 17.4. The molecule has 1 N–H and O–H groups in total. The van der Waals surface area contributed by atoms with Crippen molar-refractivity contribution >= 4 is 46.3 Å². The van der Waals surface area contributed by atoms with Gasteiger partial charge >= 0.3 is 5.97 Å². The third kappa shape index (κ3) is 4.81. The molecule has 0 aromatic heterocycles. The van der Waals surface area contributed by atoms with Gasteiger partial charge in [0, 0.05) is 0 Å². The Kier molecular flexibility index (Phi) is 7.26. The fraction of sp³-hybridized carbons (Fsp3) is 0.421. The number of aliphatic carboxylic acids is 1. The van der Waals surface area contributed by atoms with Crippen LogP contribution in [0.3, 0.4) is 0 Å². The summed E-state index contributed by atoms with van der Waals surface area (Å²) in [5.74, 6) is -0.497. The molecule has 1 aromatic rings. The lowest BCUT2D eigenvalue weighted by molar-refractivity contribution is -0.146. The van der Waals surface area contributed by atoms with Gasteiger partial charge in [-0.3, -0.25) is 9.69 Å². The van der Waals surface area contributed by atoms with Crippen LogP contribution in [0.1, 0.15) is 33.3 Å². The van der Waals surface area contributed by atoms with Crippen LogP contribution >= 0.6 is 24.0 Å². The predicted molar refractivity (Wildman–Crippen MR) is 110 cm³/mol. The van der Waals surface area contributed by atoms with Crippen LogP contribution < -0.4 is 9.47 Å². The van der Waals surface area contributed by atoms with Crippen LogP contribution in [0.2, 0.25) is 0 Å². The topological polar surface area (TPSA) is 76.1 Å². The quantitative estimate of drug-likeness (QED) is 0.517. The van der Waals surface area contributed by atoms with E-state index in [4.69, 9.17) is 21.7 Å². The Morgan fingerprint density at radius 2 is 1.89 bits per heavy atom. The lowest BCUT2D eigenvalue weighted by atomic mass is 10.0. The zero-order valence-electron chi connectivity index (χ0n) is 15.7. The SMILES string of the molecule is CCOc1ccc(/C=C2\SC(=S)N([C@H](C(=O)O)C(C)C)C2=O)cc1OCC. The second kappa shape index (κ2) is 9.23. The van der Waals surface area contributed by atoms with Gasteiger partial charge in [-0.2, -0.15) is 0 Å². The summed E-state index contributed by atoms with van der Waals surface area (Å²) >= 11 is 6.37. The number of hydrogen-bond acceptors (Lipinski definition) is 6. The summed E-state index contributed by atoms with van der Waals surface area (Å²) in [4.78, 5) is 25.9. The summed E-state index contributed by atoms with van der Waals surface area (Å²) in [6.45, 7) is 8.28. The number of thiocarbonyl (C=S) groups is 1. The molecule has 1 saturated heterocycles. The van der Waals surface area contributed by atoms with Crippen molar-refractivity contribution in [3.8, 4) is 11.5 Å². The monoisotopic (exact) mass is 409 g/mol. The molecule has 27 heavy (non-hydrogen) atoms. The number of carbonyl (C=O) groups is 2. The smallest absolute Gasteiger partial charge is 0.327 e. The van der Waals surface area contributed by atoms with Gasteiger partial charge in [-0.05, 0) is 43.5 Å². The van der Waals surface area contributed by atoms with E-state index in [1.807, 2.05) is 19.9 Å². The minimum atomic E-state index is -1.07. The maximum atomic E-state index is 12.8. The number of ether oxygens (including phenoxy) is 2. The normalized spacial score (nSPS) is 16.9. The number of benzene rings is 1. The minimum absolute atomic E-state index is 0.253. The Morgan fingerprint density at radius 1 is 1.26 bits per heavy atom. The lowest BCUT2D eigenvalue weighted by Gasteiger charge is -2.26. The van der Waals surface area contributed by atoms with Crippen molar-refractivity contribution in [3.05, 3.63) is 28.7 Å². The highest BCUT2D eigenvalue weighted by molar-refractivity contribution is 8.26. The first kappa shape index (κ1) is 21.2. The van der Waals surface area contributed by atoms with E-state index in [1.165, 1.54) is 4.90 Å². The molecule has 0 saturated carbocycles. The van der Waals surface area contributed by atoms with Gasteiger partial charge in [0.25, 0.3) is 5.91 Å². The molecule has 0 spiro atoms. The minimum Gasteiger partial charge on any atom is -0.490 e. The molecule has 0 bridgehead atoms. The van der Waals surface area contributed by atoms with Gasteiger partial charge in [0.15, 0.2) is 11.5 Å². The molecule has 0 unspecified atom stereocenters. The molecule has 1 fully saturated rings. The first-order chi connectivity index (χ1) is 12.8. The van der Waals surface area contributed by atoms with Crippen LogP contribution in [0, 0.1) is 5.92 Å². The van der Waals surface area contributed by atoms with E-state index in [0.717, 1.165) is 17.3 Å². The fourth-order valence-corrected chi connectivity index (χ4v) is 4.05. The summed E-state index contributed by atoms with van der Waals surface area (Å²) < 4.78 is 11.4. The Bertz CT molecular complexity index is 775. The van der Waals surface area contributed by atoms with Gasteiger partial charge in [-0.25, -0.2) is 4.79 Å². The third-order valence-electron chi connectivity index (χ3n) is 3.85. The Labute approximate surface area is 168 Å². The average Bonchev–Trinajstić information content (AvgIpc) is 2.85. The van der Waals surface area contributed by atoms with Crippen molar-refractivity contribution in [2.24, 2.45) is 5.92 Å². The van der Waals surface area contributed by atoms with Crippen molar-refractivity contribution in [3.63, 3.8) is 0 Å². The molecule has 0 radical (unpaired) electrons. The van der Waals surface area contributed by atoms with E-state index < -0.39 is 17.9 Å². The molecule has 2 rings (SSSR count). The van der Waals surface area contributed by atoms with E-state index in [9.17, 15) is 14.7 Å². The van der Waals surface area contributed by atoms with E-state index in [-0.39, 0.29) is 10.2 Å². The average molecular weight is 410 g/mol. The maximum absolute atomic E-state index is 12.8. The first-order valence-electron chi connectivity index (χ1n) is 8.69. The van der Waals surface area contributed by atoms with E-state index in [2.05, 4.69) is 0 Å². The number of hydrogen-bond donors (Lipinski definition) is 1. The lowest BCUT2D eigenvalue weighted by Crippen LogP contribution is -2.47. The Balaban J connectivity index is 2.34. The number of thioether (sulfide) groups is 1. The van der Waals surface area contributed by atoms with Crippen molar-refractivity contribution in [1.82, 2.24) is 4.90 Å². The zero-order chi connectivity index (χ0) is 20.1. The molecule has 1 aliphatic heterocycles. The van der Waals surface area contributed by atoms with Crippen LogP contribution in [0.15, 0.2) is 23.1 Å². The van der Waals surface area contributed by atoms with E-state index in [1.54, 1.807) is 32.1 Å². The molecule has 1 aliphatic rings. The largest absolute Gasteiger partial charge is 0.490 e. The van der Waals surface area contributed by atoms with Gasteiger partial charge in [0.05, 0.1) is 18.1 Å². The van der Waals surface area contributed by atoms with Gasteiger partial charge in [0.2, 0.25) is 0 Å². The molecular formula is C19H23NO5S2. The van der Waals surface area contributed by atoms with Crippen LogP contribution in [0.25, 0.3) is 6.08 Å². The summed E-state index contributed by atoms with van der Waals surface area (Å²) in [5, 5.41) is 9.48. The van der Waals surface area contributed by atoms with Crippen molar-refractivity contribution < 1.29 is 24.2 Å². The van der Waals surface area contributed by atoms with Crippen LogP contribution in [-0.2, 0) is 9.59 Å². The highest BCUT2D eigenvalue weighted by Crippen LogP contribution is 2.37. The van der Waals surface area contributed by atoms with Crippen LogP contribution in [0.4, 0.5) is 0 Å². The summed E-state index contributed by atoms with van der Waals surface area (Å²) in [6.07, 6.45) is 1.69. The first-order valence-corrected chi connectivity index (χ1v) is 9.92. The van der Waals surface area contributed by atoms with Crippen molar-refractivity contribution in [2.45, 2.75) is 33.7 Å². The Hall–Kier alpha value is -2.06. The van der Waals surface area contributed by atoms with Crippen molar-refractivity contribution in [1.29, 1.82) is 0 Å². The highest BCUT2D eigenvalue weighted by Gasteiger charge is 2.41. The number of carboxylic acid groups (broad SMARTS) is 1. The van der Waals surface area contributed by atoms with Gasteiger partial charge in [-0.15, -0.1) is 0 Å². The molecule has 1 aromatic carbocycles. The molecular weight excluding hydrogens is 386 g/mol. The van der Waals surface area contributed by atoms with Crippen molar-refractivity contribution in [2.75, 3.05) is 13.2 Å². The fourth-order valence-electron chi connectivity index (χ4n) is 2.72. The summed E-state index contributed by atoms with van der Waals surface area (Å²) in [7, 11) is 0. The molecule has 1 heterocycles. The van der Waals surface area contributed by atoms with Gasteiger partial charge in [-0.1, -0.05) is 43.9 Å². The second-order valence-corrected chi connectivity index (χ2v) is 7.83. The molecule has 0 aliphatic carbocycles. The van der Waals surface area contributed by atoms with E-state index in [0.29, 0.717) is 29.6 Å². The molecule has 8 heteroatoms. The van der Waals surface area contributed by atoms with Gasteiger partial charge < -0.3 is 14.6 Å². The van der Waals surface area contributed by atoms with Gasteiger partial charge in [0.1, 0.15) is 10.4 Å². The predicted octanol–water partition coefficient (Wildman–Crippen LogP) is 3.79. The maximum Gasteiger partial charge on any atom is 0.327 e. The summed E-state index contributed by atoms with van der Waals surface area (Å²) in [6, 6.07) is 4.41. The second-order valence-electron chi connectivity index (χ2n) is 6.15. The third-order valence-corrected chi connectivity index (χ3v) is 5.18. The van der Waals surface area contributed by atoms with Crippen LogP contribution in [0.5, 0.6) is 11.5 Å². The molecule has 146 valence electrons. The number of carboxylic acids is 1. The van der Waals surface area contributed by atoms with Crippen LogP contribution in [-0.4, -0.2) is 45.5 Å². The molecule has 1 atom stereocenters. The number of carbonyl (C=O) groups excluding carboxylic acids is 1. The number of amides is 1. The highest BCUT2D eigenvalue weighted by atomic mass is 32.2. The van der Waals surface area contributed by atoms with E-state index >= 15 is 0 Å². The standard InChI is InChI=1S/C19H23NO5S2/c1-5-24-13-8-7-12(9-14(13)25-6-2)10-15-17(21)20(19(26)27-15)16(11(3)4)18(22)23/h7-11,16H,5-6H2,1-4H3,(H,22,23)/b15-10-/t16-/m0/s1.